The van der Waals surface area contributed by atoms with Crippen molar-refractivity contribution in [3.8, 4) is 0 Å². The number of carbonyl (C=O) groups excluding carboxylic acids is 1. The van der Waals surface area contributed by atoms with E-state index in [0.29, 0.717) is 5.82 Å². The fraction of sp³-hybridized carbons (Fsp3) is 0.600. The van der Waals surface area contributed by atoms with Gasteiger partial charge < -0.3 is 9.84 Å². The lowest BCUT2D eigenvalue weighted by Gasteiger charge is -2.41. The fourth-order valence-electron chi connectivity index (χ4n) is 2.30. The molecule has 0 unspecified atom stereocenters. The Labute approximate surface area is 119 Å². The van der Waals surface area contributed by atoms with Crippen molar-refractivity contribution in [2.24, 2.45) is 5.92 Å². The van der Waals surface area contributed by atoms with Gasteiger partial charge in [0, 0.05) is 18.8 Å². The largest absolute Gasteiger partial charge is 0.443 e. The van der Waals surface area contributed by atoms with Gasteiger partial charge >= 0.3 is 6.09 Å². The van der Waals surface area contributed by atoms with Crippen LogP contribution in [0.4, 0.5) is 10.6 Å². The Morgan fingerprint density at radius 2 is 2.15 bits per heavy atom. The van der Waals surface area contributed by atoms with E-state index in [9.17, 15) is 4.79 Å². The molecule has 1 aromatic rings. The molecular weight excluding hydrogens is 256 g/mol. The van der Waals surface area contributed by atoms with Crippen molar-refractivity contribution in [1.29, 1.82) is 0 Å². The Bertz CT molecular complexity index is 450. The zero-order valence-electron chi connectivity index (χ0n) is 12.2. The van der Waals surface area contributed by atoms with Crippen LogP contribution in [-0.4, -0.2) is 34.4 Å². The van der Waals surface area contributed by atoms with Crippen LogP contribution in [0.1, 0.15) is 33.6 Å². The highest BCUT2D eigenvalue weighted by atomic mass is 16.6. The molecule has 0 saturated heterocycles. The molecule has 20 heavy (non-hydrogen) atoms. The first-order valence-electron chi connectivity index (χ1n) is 6.95. The van der Waals surface area contributed by atoms with Crippen molar-refractivity contribution in [3.63, 3.8) is 0 Å². The normalized spacial score (nSPS) is 22.0. The van der Waals surface area contributed by atoms with Crippen LogP contribution >= 0.6 is 0 Å². The Morgan fingerprint density at radius 3 is 2.65 bits per heavy atom. The van der Waals surface area contributed by atoms with Crippen LogP contribution in [-0.2, 0) is 4.74 Å². The number of pyridine rings is 1. The van der Waals surface area contributed by atoms with Gasteiger partial charge in [-0.2, -0.15) is 0 Å². The zero-order valence-corrected chi connectivity index (χ0v) is 12.2. The van der Waals surface area contributed by atoms with E-state index in [2.05, 4.69) is 4.98 Å². The van der Waals surface area contributed by atoms with Crippen molar-refractivity contribution in [3.05, 3.63) is 24.4 Å². The molecule has 1 aliphatic rings. The van der Waals surface area contributed by atoms with Crippen molar-refractivity contribution in [2.45, 2.75) is 45.3 Å². The van der Waals surface area contributed by atoms with Gasteiger partial charge in [-0.05, 0) is 51.7 Å². The quantitative estimate of drug-likeness (QED) is 0.923. The number of rotatable bonds is 3. The highest BCUT2D eigenvalue weighted by Crippen LogP contribution is 2.34. The first kappa shape index (κ1) is 14.8. The highest BCUT2D eigenvalue weighted by molar-refractivity contribution is 5.87. The summed E-state index contributed by atoms with van der Waals surface area (Å²) in [7, 11) is 0. The fourth-order valence-corrected chi connectivity index (χ4v) is 2.30. The highest BCUT2D eigenvalue weighted by Gasteiger charge is 2.38. The molecule has 110 valence electrons. The average molecular weight is 278 g/mol. The summed E-state index contributed by atoms with van der Waals surface area (Å²) < 4.78 is 5.46. The molecule has 0 bridgehead atoms. The number of amides is 1. The molecule has 0 aromatic carbocycles. The third-order valence-corrected chi connectivity index (χ3v) is 3.32. The summed E-state index contributed by atoms with van der Waals surface area (Å²) >= 11 is 0. The molecule has 0 atom stereocenters. The molecule has 1 heterocycles. The smallest absolute Gasteiger partial charge is 0.416 e. The first-order chi connectivity index (χ1) is 9.40. The number of aliphatic hydroxyl groups is 1. The van der Waals surface area contributed by atoms with Gasteiger partial charge in [0.05, 0.1) is 0 Å². The second-order valence-corrected chi connectivity index (χ2v) is 6.21. The first-order valence-corrected chi connectivity index (χ1v) is 6.95. The lowest BCUT2D eigenvalue weighted by molar-refractivity contribution is 0.0507. The van der Waals surface area contributed by atoms with Gasteiger partial charge in [-0.3, -0.25) is 4.90 Å². The predicted octanol–water partition coefficient (Wildman–Crippen LogP) is 2.59. The number of carbonyl (C=O) groups is 1. The molecule has 1 aromatic heterocycles. The molecule has 1 aliphatic carbocycles. The molecule has 1 saturated carbocycles. The summed E-state index contributed by atoms with van der Waals surface area (Å²) in [6, 6.07) is 5.52. The number of nitrogens with zero attached hydrogens (tertiary/aromatic N) is 2. The maximum absolute atomic E-state index is 12.4. The summed E-state index contributed by atoms with van der Waals surface area (Å²) in [5.74, 6) is 0.872. The minimum Gasteiger partial charge on any atom is -0.443 e. The van der Waals surface area contributed by atoms with E-state index in [4.69, 9.17) is 9.84 Å². The van der Waals surface area contributed by atoms with Crippen LogP contribution in [0, 0.1) is 5.92 Å². The van der Waals surface area contributed by atoms with Gasteiger partial charge in [-0.25, -0.2) is 9.78 Å². The van der Waals surface area contributed by atoms with E-state index < -0.39 is 5.60 Å². The van der Waals surface area contributed by atoms with Crippen LogP contribution in [0.5, 0.6) is 0 Å². The van der Waals surface area contributed by atoms with Crippen LogP contribution in [0.25, 0.3) is 0 Å². The number of aromatic nitrogens is 1. The summed E-state index contributed by atoms with van der Waals surface area (Å²) in [4.78, 5) is 18.2. The lowest BCUT2D eigenvalue weighted by atomic mass is 9.80. The minimum absolute atomic E-state index is 0.0527. The predicted molar refractivity (Wildman–Crippen MR) is 76.5 cm³/mol. The van der Waals surface area contributed by atoms with Gasteiger partial charge in [0.2, 0.25) is 0 Å². The van der Waals surface area contributed by atoms with Gasteiger partial charge in [0.15, 0.2) is 0 Å². The topological polar surface area (TPSA) is 62.7 Å². The number of aliphatic hydroxyl groups excluding tert-OH is 1. The zero-order chi connectivity index (χ0) is 14.8. The molecule has 0 radical (unpaired) electrons. The van der Waals surface area contributed by atoms with E-state index in [-0.39, 0.29) is 24.7 Å². The van der Waals surface area contributed by atoms with E-state index in [1.165, 1.54) is 0 Å². The Kier molecular flexibility index (Phi) is 4.28. The third-order valence-electron chi connectivity index (χ3n) is 3.32. The molecule has 1 amide bonds. The van der Waals surface area contributed by atoms with Crippen molar-refractivity contribution >= 4 is 11.9 Å². The van der Waals surface area contributed by atoms with Crippen molar-refractivity contribution in [1.82, 2.24) is 4.98 Å². The number of anilines is 1. The van der Waals surface area contributed by atoms with Gasteiger partial charge in [0.1, 0.15) is 11.4 Å². The standard InChI is InChI=1S/C15H22N2O3/c1-15(2,3)20-14(19)17(12-8-11(9-12)10-18)13-6-4-5-7-16-13/h4-7,11-12,18H,8-10H2,1-3H3/t11-,12+. The Balaban J connectivity index is 2.15. The van der Waals surface area contributed by atoms with Crippen LogP contribution in [0.3, 0.4) is 0 Å². The summed E-state index contributed by atoms with van der Waals surface area (Å²) in [5, 5.41) is 9.13. The van der Waals surface area contributed by atoms with Gasteiger partial charge in [-0.15, -0.1) is 0 Å². The summed E-state index contributed by atoms with van der Waals surface area (Å²) in [6.45, 7) is 5.71. The lowest BCUT2D eigenvalue weighted by Crippen LogP contribution is -2.50. The van der Waals surface area contributed by atoms with Crippen LogP contribution in [0.15, 0.2) is 24.4 Å². The maximum atomic E-state index is 12.4. The average Bonchev–Trinajstić information content (AvgIpc) is 2.31. The second-order valence-electron chi connectivity index (χ2n) is 6.21. The van der Waals surface area contributed by atoms with E-state index >= 15 is 0 Å². The molecule has 0 aliphatic heterocycles. The molecule has 5 nitrogen and oxygen atoms in total. The summed E-state index contributed by atoms with van der Waals surface area (Å²) in [6.07, 6.45) is 2.85. The molecule has 0 spiro atoms. The van der Waals surface area contributed by atoms with Gasteiger partial charge in [0.25, 0.3) is 0 Å². The Hall–Kier alpha value is -1.62. The molecule has 1 N–H and O–H groups in total. The summed E-state index contributed by atoms with van der Waals surface area (Å²) in [5.41, 5.74) is -0.537. The van der Waals surface area contributed by atoms with Gasteiger partial charge in [-0.1, -0.05) is 6.07 Å². The molecule has 1 fully saturated rings. The van der Waals surface area contributed by atoms with Crippen molar-refractivity contribution < 1.29 is 14.6 Å². The number of hydrogen-bond acceptors (Lipinski definition) is 4. The molecular formula is C15H22N2O3. The minimum atomic E-state index is -0.537. The molecule has 5 heteroatoms. The van der Waals surface area contributed by atoms with E-state index in [1.54, 1.807) is 17.2 Å². The maximum Gasteiger partial charge on any atom is 0.416 e. The SMILES string of the molecule is CC(C)(C)OC(=O)N(c1ccccn1)[C@H]1C[C@@H](CO)C1. The third kappa shape index (κ3) is 3.48. The van der Waals surface area contributed by atoms with Crippen molar-refractivity contribution in [2.75, 3.05) is 11.5 Å². The second kappa shape index (κ2) is 5.79. The van der Waals surface area contributed by atoms with Crippen LogP contribution < -0.4 is 4.90 Å². The Morgan fingerprint density at radius 1 is 1.45 bits per heavy atom. The number of hydrogen-bond donors (Lipinski definition) is 1. The van der Waals surface area contributed by atoms with Crippen LogP contribution in [0.2, 0.25) is 0 Å². The van der Waals surface area contributed by atoms with E-state index in [1.807, 2.05) is 32.9 Å². The van der Waals surface area contributed by atoms with E-state index in [0.717, 1.165) is 12.8 Å². The molecule has 2 rings (SSSR count). The monoisotopic (exact) mass is 278 g/mol. The number of ether oxygens (including phenoxy) is 1.